The summed E-state index contributed by atoms with van der Waals surface area (Å²) in [5.74, 6) is 0.945. The molecule has 1 aromatic heterocycles. The number of anilines is 1. The molecule has 0 bridgehead atoms. The van der Waals surface area contributed by atoms with Crippen LogP contribution in [-0.2, 0) is 4.79 Å². The fourth-order valence-electron chi connectivity index (χ4n) is 4.35. The zero-order valence-electron chi connectivity index (χ0n) is 17.4. The molecule has 3 heterocycles. The third-order valence-electron chi connectivity index (χ3n) is 5.98. The lowest BCUT2D eigenvalue weighted by molar-refractivity contribution is -0.131. The van der Waals surface area contributed by atoms with E-state index in [0.29, 0.717) is 0 Å². The van der Waals surface area contributed by atoms with Crippen LogP contribution in [0.5, 0.6) is 0 Å². The van der Waals surface area contributed by atoms with Crippen LogP contribution < -0.4 is 4.90 Å². The molecule has 1 aromatic carbocycles. The van der Waals surface area contributed by atoms with E-state index in [4.69, 9.17) is 0 Å². The van der Waals surface area contributed by atoms with Crippen LogP contribution in [0.1, 0.15) is 33.6 Å². The molecule has 158 valence electrons. The van der Waals surface area contributed by atoms with Crippen molar-refractivity contribution in [1.29, 1.82) is 0 Å². The van der Waals surface area contributed by atoms with Gasteiger partial charge in [-0.15, -0.1) is 11.8 Å². The van der Waals surface area contributed by atoms with Crippen molar-refractivity contribution in [2.45, 2.75) is 43.7 Å². The maximum atomic E-state index is 13.4. The molecule has 2 saturated heterocycles. The number of halogens is 1. The summed E-state index contributed by atoms with van der Waals surface area (Å²) < 4.78 is 13.1. The van der Waals surface area contributed by atoms with Crippen LogP contribution in [0.3, 0.4) is 0 Å². The van der Waals surface area contributed by atoms with Gasteiger partial charge in [-0.2, -0.15) is 5.10 Å². The first-order chi connectivity index (χ1) is 13.8. The van der Waals surface area contributed by atoms with Gasteiger partial charge in [-0.1, -0.05) is 0 Å². The van der Waals surface area contributed by atoms with Crippen LogP contribution in [0, 0.1) is 5.82 Å². The van der Waals surface area contributed by atoms with Crippen LogP contribution >= 0.6 is 11.8 Å². The van der Waals surface area contributed by atoms with Crippen molar-refractivity contribution >= 4 is 34.4 Å². The van der Waals surface area contributed by atoms with Gasteiger partial charge in [-0.05, 0) is 58.4 Å². The Morgan fingerprint density at radius 2 is 1.93 bits per heavy atom. The van der Waals surface area contributed by atoms with E-state index in [0.717, 1.165) is 68.8 Å². The summed E-state index contributed by atoms with van der Waals surface area (Å²) in [6.07, 6.45) is 2.15. The highest BCUT2D eigenvalue weighted by Gasteiger charge is 2.43. The van der Waals surface area contributed by atoms with E-state index >= 15 is 0 Å². The fraction of sp³-hybridized carbons (Fsp3) is 0.619. The highest BCUT2D eigenvalue weighted by Crippen LogP contribution is 2.39. The van der Waals surface area contributed by atoms with Crippen molar-refractivity contribution in [1.82, 2.24) is 20.0 Å². The van der Waals surface area contributed by atoms with Crippen LogP contribution in [0.25, 0.3) is 10.9 Å². The summed E-state index contributed by atoms with van der Waals surface area (Å²) in [7, 11) is 0. The molecule has 2 aliphatic rings. The summed E-state index contributed by atoms with van der Waals surface area (Å²) >= 11 is 1.76. The van der Waals surface area contributed by atoms with Crippen molar-refractivity contribution in [3.8, 4) is 0 Å². The fourth-order valence-corrected chi connectivity index (χ4v) is 5.75. The van der Waals surface area contributed by atoms with E-state index in [1.807, 2.05) is 18.7 Å². The third kappa shape index (κ3) is 4.23. The number of aromatic nitrogens is 2. The number of rotatable bonds is 6. The first-order valence-corrected chi connectivity index (χ1v) is 11.3. The quantitative estimate of drug-likeness (QED) is 0.728. The predicted molar refractivity (Wildman–Crippen MR) is 117 cm³/mol. The predicted octanol–water partition coefficient (Wildman–Crippen LogP) is 3.30. The lowest BCUT2D eigenvalue weighted by atomic mass is 10.1. The number of benzene rings is 1. The summed E-state index contributed by atoms with van der Waals surface area (Å²) in [6, 6.07) is 4.78. The van der Waals surface area contributed by atoms with Gasteiger partial charge in [0, 0.05) is 38.1 Å². The van der Waals surface area contributed by atoms with Gasteiger partial charge in [0.25, 0.3) is 0 Å². The normalized spacial score (nSPS) is 22.8. The van der Waals surface area contributed by atoms with Crippen LogP contribution in [-0.4, -0.2) is 75.3 Å². The van der Waals surface area contributed by atoms with Gasteiger partial charge in [-0.25, -0.2) is 4.39 Å². The number of aromatic amines is 1. The molecule has 0 saturated carbocycles. The largest absolute Gasteiger partial charge is 0.352 e. The number of amides is 1. The average molecular weight is 420 g/mol. The van der Waals surface area contributed by atoms with Crippen molar-refractivity contribution in [2.24, 2.45) is 0 Å². The Bertz CT molecular complexity index is 877. The third-order valence-corrected chi connectivity index (χ3v) is 7.34. The lowest BCUT2D eigenvalue weighted by Gasteiger charge is -2.35. The van der Waals surface area contributed by atoms with Crippen molar-refractivity contribution in [3.05, 3.63) is 24.0 Å². The maximum absolute atomic E-state index is 13.4. The van der Waals surface area contributed by atoms with E-state index < -0.39 is 0 Å². The first kappa shape index (κ1) is 20.5. The van der Waals surface area contributed by atoms with Gasteiger partial charge in [0.1, 0.15) is 5.82 Å². The molecule has 29 heavy (non-hydrogen) atoms. The Balaban J connectivity index is 1.22. The number of carbonyl (C=O) groups is 1. The number of hydrogen-bond acceptors (Lipinski definition) is 5. The Labute approximate surface area is 175 Å². The highest BCUT2D eigenvalue weighted by atomic mass is 32.2. The molecule has 6 nitrogen and oxygen atoms in total. The Morgan fingerprint density at radius 3 is 2.62 bits per heavy atom. The van der Waals surface area contributed by atoms with Gasteiger partial charge < -0.3 is 9.80 Å². The minimum absolute atomic E-state index is 0.246. The van der Waals surface area contributed by atoms with Crippen LogP contribution in [0.4, 0.5) is 10.2 Å². The monoisotopic (exact) mass is 419 g/mol. The van der Waals surface area contributed by atoms with Crippen molar-refractivity contribution in [3.63, 3.8) is 0 Å². The van der Waals surface area contributed by atoms with E-state index in [-0.39, 0.29) is 21.8 Å². The summed E-state index contributed by atoms with van der Waals surface area (Å²) in [6.45, 7) is 11.9. The molecule has 0 spiro atoms. The molecule has 4 rings (SSSR count). The minimum Gasteiger partial charge on any atom is -0.352 e. The Kier molecular flexibility index (Phi) is 5.75. The van der Waals surface area contributed by atoms with Gasteiger partial charge >= 0.3 is 0 Å². The van der Waals surface area contributed by atoms with E-state index in [9.17, 15) is 9.18 Å². The number of nitrogens with zero attached hydrogens (tertiary/aromatic N) is 4. The number of unbranched alkanes of at least 4 members (excludes halogenated alkanes) is 1. The first-order valence-electron chi connectivity index (χ1n) is 10.4. The SMILES string of the molecule is CC1SC(C)(C)C(=O)N1CCCCN1CCN(c2n[nH]c3cc(F)ccc23)CC1. The Hall–Kier alpha value is -1.80. The van der Waals surface area contributed by atoms with E-state index in [2.05, 4.69) is 26.9 Å². The molecule has 8 heteroatoms. The smallest absolute Gasteiger partial charge is 0.239 e. The molecule has 1 amide bonds. The molecular weight excluding hydrogens is 389 g/mol. The summed E-state index contributed by atoms with van der Waals surface area (Å²) in [5.41, 5.74) is 0.745. The molecule has 2 aliphatic heterocycles. The number of fused-ring (bicyclic) bond motifs is 1. The minimum atomic E-state index is -0.280. The number of nitrogens with one attached hydrogen (secondary N) is 1. The molecule has 0 radical (unpaired) electrons. The molecule has 1 unspecified atom stereocenters. The second-order valence-corrected chi connectivity index (χ2v) is 10.4. The second kappa shape index (κ2) is 8.14. The topological polar surface area (TPSA) is 55.5 Å². The van der Waals surface area contributed by atoms with Gasteiger partial charge in [0.15, 0.2) is 5.82 Å². The number of carbonyl (C=O) groups excluding carboxylic acids is 1. The summed E-state index contributed by atoms with van der Waals surface area (Å²) in [5, 5.41) is 8.60. The second-order valence-electron chi connectivity index (χ2n) is 8.50. The molecule has 2 aromatic rings. The molecular formula is C21H30FN5OS. The zero-order valence-corrected chi connectivity index (χ0v) is 18.3. The lowest BCUT2D eigenvalue weighted by Crippen LogP contribution is -2.47. The average Bonchev–Trinajstić information content (AvgIpc) is 3.18. The number of H-pyrrole nitrogens is 1. The van der Waals surface area contributed by atoms with Crippen LogP contribution in [0.15, 0.2) is 18.2 Å². The highest BCUT2D eigenvalue weighted by molar-refractivity contribution is 8.02. The van der Waals surface area contributed by atoms with E-state index in [1.54, 1.807) is 17.8 Å². The maximum Gasteiger partial charge on any atom is 0.239 e. The zero-order chi connectivity index (χ0) is 20.6. The van der Waals surface area contributed by atoms with Crippen LogP contribution in [0.2, 0.25) is 0 Å². The number of hydrogen-bond donors (Lipinski definition) is 1. The van der Waals surface area contributed by atoms with Gasteiger partial charge in [0.2, 0.25) is 5.91 Å². The van der Waals surface area contributed by atoms with Crippen molar-refractivity contribution < 1.29 is 9.18 Å². The number of thioether (sulfide) groups is 1. The molecule has 1 atom stereocenters. The van der Waals surface area contributed by atoms with Crippen molar-refractivity contribution in [2.75, 3.05) is 44.2 Å². The summed E-state index contributed by atoms with van der Waals surface area (Å²) in [4.78, 5) is 19.2. The van der Waals surface area contributed by atoms with E-state index in [1.165, 1.54) is 12.1 Å². The van der Waals surface area contributed by atoms with Gasteiger partial charge in [0.05, 0.1) is 15.6 Å². The number of piperazine rings is 1. The van der Waals surface area contributed by atoms with Gasteiger partial charge in [-0.3, -0.25) is 14.8 Å². The molecule has 0 aliphatic carbocycles. The standard InChI is InChI=1S/C21H30FN5OS/c1-15-27(20(28)21(2,3)29-15)9-5-4-8-25-10-12-26(13-11-25)19-17-7-6-16(22)14-18(17)23-24-19/h6-7,14-15H,4-5,8-13H2,1-3H3,(H,23,24). The molecule has 1 N–H and O–H groups in total. The Morgan fingerprint density at radius 1 is 1.21 bits per heavy atom. The molecule has 2 fully saturated rings.